The Kier molecular flexibility index (Phi) is 5.70. The highest BCUT2D eigenvalue weighted by molar-refractivity contribution is 7.15. The molecule has 0 fully saturated rings. The average Bonchev–Trinajstić information content (AvgIpc) is 3.23. The summed E-state index contributed by atoms with van der Waals surface area (Å²) in [6, 6.07) is 8.83. The van der Waals surface area contributed by atoms with Gasteiger partial charge in [-0.3, -0.25) is 10.00 Å². The van der Waals surface area contributed by atoms with Crippen LogP contribution >= 0.6 is 11.3 Å². The summed E-state index contributed by atoms with van der Waals surface area (Å²) in [6.07, 6.45) is 1.61. The summed E-state index contributed by atoms with van der Waals surface area (Å²) < 4.78 is 1.71. The fourth-order valence-electron chi connectivity index (χ4n) is 3.01. The van der Waals surface area contributed by atoms with Crippen molar-refractivity contribution < 1.29 is 4.79 Å². The highest BCUT2D eigenvalue weighted by Crippen LogP contribution is 2.26. The lowest BCUT2D eigenvalue weighted by Gasteiger charge is -2.17. The van der Waals surface area contributed by atoms with Gasteiger partial charge in [-0.15, -0.1) is 10.2 Å². The molecule has 2 amide bonds. The van der Waals surface area contributed by atoms with E-state index in [4.69, 9.17) is 5.73 Å². The van der Waals surface area contributed by atoms with Crippen LogP contribution in [-0.4, -0.2) is 26.0 Å². The molecule has 9 heteroatoms. The molecule has 3 rings (SSSR count). The molecule has 1 aromatic carbocycles. The molecule has 1 unspecified atom stereocenters. The van der Waals surface area contributed by atoms with Gasteiger partial charge in [0.15, 0.2) is 0 Å². The van der Waals surface area contributed by atoms with Crippen LogP contribution in [0.1, 0.15) is 41.7 Å². The normalized spacial score (nSPS) is 12.0. The third-order valence-electron chi connectivity index (χ3n) is 4.26. The van der Waals surface area contributed by atoms with E-state index in [1.807, 2.05) is 37.4 Å². The van der Waals surface area contributed by atoms with E-state index in [2.05, 4.69) is 39.8 Å². The molecule has 142 valence electrons. The van der Waals surface area contributed by atoms with Gasteiger partial charge in [0.25, 0.3) is 0 Å². The molecule has 0 aliphatic carbocycles. The fraction of sp³-hybridized carbons (Fsp3) is 0.333. The quantitative estimate of drug-likeness (QED) is 0.604. The van der Waals surface area contributed by atoms with Crippen LogP contribution in [-0.2, 0) is 19.9 Å². The van der Waals surface area contributed by atoms with Crippen LogP contribution in [0.4, 0.5) is 15.7 Å². The predicted molar refractivity (Wildman–Crippen MR) is 107 cm³/mol. The number of hydrogen-bond donors (Lipinski definition) is 3. The van der Waals surface area contributed by atoms with Gasteiger partial charge in [-0.1, -0.05) is 55.5 Å². The first-order chi connectivity index (χ1) is 13.0. The lowest BCUT2D eigenvalue weighted by molar-refractivity contribution is 0.250. The topological polar surface area (TPSA) is 111 Å². The molecular weight excluding hydrogens is 362 g/mol. The Morgan fingerprint density at radius 1 is 1.22 bits per heavy atom. The highest BCUT2D eigenvalue weighted by atomic mass is 32.1. The number of carbonyl (C=O) groups is 1. The number of rotatable bonds is 6. The van der Waals surface area contributed by atoms with Gasteiger partial charge in [0.05, 0.1) is 5.69 Å². The molecule has 0 saturated heterocycles. The van der Waals surface area contributed by atoms with Crippen LogP contribution in [0.15, 0.2) is 30.3 Å². The fourth-order valence-corrected chi connectivity index (χ4v) is 3.70. The molecule has 8 nitrogen and oxygen atoms in total. The van der Waals surface area contributed by atoms with Gasteiger partial charge < -0.3 is 11.1 Å². The molecule has 3 aromatic rings. The molecule has 2 aromatic heterocycles. The first-order valence-electron chi connectivity index (χ1n) is 8.79. The van der Waals surface area contributed by atoms with E-state index < -0.39 is 6.04 Å². The van der Waals surface area contributed by atoms with Crippen molar-refractivity contribution in [2.75, 3.05) is 11.1 Å². The van der Waals surface area contributed by atoms with E-state index in [-0.39, 0.29) is 6.03 Å². The van der Waals surface area contributed by atoms with Gasteiger partial charge in [0.1, 0.15) is 16.9 Å². The number of nitrogens with two attached hydrogens (primary N) is 1. The Morgan fingerprint density at radius 2 is 1.96 bits per heavy atom. The van der Waals surface area contributed by atoms with Gasteiger partial charge in [0.2, 0.25) is 5.13 Å². The zero-order valence-corrected chi connectivity index (χ0v) is 16.4. The van der Waals surface area contributed by atoms with E-state index >= 15 is 0 Å². The summed E-state index contributed by atoms with van der Waals surface area (Å²) in [4.78, 5) is 12.8. The van der Waals surface area contributed by atoms with Crippen LogP contribution in [0.2, 0.25) is 0 Å². The number of nitrogen functional groups attached to an aromatic ring is 1. The van der Waals surface area contributed by atoms with Crippen molar-refractivity contribution in [2.45, 2.75) is 32.7 Å². The third kappa shape index (κ3) is 4.08. The number of benzene rings is 1. The summed E-state index contributed by atoms with van der Waals surface area (Å²) >= 11 is 1.25. The molecule has 0 aliphatic rings. The first-order valence-corrected chi connectivity index (χ1v) is 9.61. The van der Waals surface area contributed by atoms with Crippen LogP contribution in [0.3, 0.4) is 0 Å². The molecule has 0 spiro atoms. The SMILES string of the molecule is CCc1nn(C)c(NC(=O)NC(c2ccccc2)c2nnc(N)s2)c1CC. The number of aryl methyl sites for hydroxylation is 2. The summed E-state index contributed by atoms with van der Waals surface area (Å²) in [5.74, 6) is 0.704. The van der Waals surface area contributed by atoms with Crippen molar-refractivity contribution in [3.8, 4) is 0 Å². The van der Waals surface area contributed by atoms with Crippen LogP contribution in [0, 0.1) is 0 Å². The molecule has 0 bridgehead atoms. The lowest BCUT2D eigenvalue weighted by Crippen LogP contribution is -2.34. The monoisotopic (exact) mass is 385 g/mol. The molecule has 0 radical (unpaired) electrons. The zero-order valence-electron chi connectivity index (χ0n) is 15.6. The van der Waals surface area contributed by atoms with E-state index in [0.29, 0.717) is 16.0 Å². The van der Waals surface area contributed by atoms with Crippen molar-refractivity contribution in [1.29, 1.82) is 0 Å². The van der Waals surface area contributed by atoms with Crippen molar-refractivity contribution in [1.82, 2.24) is 25.3 Å². The van der Waals surface area contributed by atoms with Gasteiger partial charge >= 0.3 is 6.03 Å². The van der Waals surface area contributed by atoms with Gasteiger partial charge in [-0.25, -0.2) is 4.79 Å². The second-order valence-corrected chi connectivity index (χ2v) is 7.07. The van der Waals surface area contributed by atoms with Crippen molar-refractivity contribution in [3.63, 3.8) is 0 Å². The number of hydrogen-bond acceptors (Lipinski definition) is 6. The lowest BCUT2D eigenvalue weighted by atomic mass is 10.1. The first kappa shape index (κ1) is 18.8. The largest absolute Gasteiger partial charge is 0.374 e. The number of aromatic nitrogens is 4. The summed E-state index contributed by atoms with van der Waals surface area (Å²) in [5, 5.41) is 19.4. The molecular formula is C18H23N7OS. The van der Waals surface area contributed by atoms with E-state index in [0.717, 1.165) is 29.7 Å². The maximum absolute atomic E-state index is 12.8. The zero-order chi connectivity index (χ0) is 19.4. The molecule has 0 saturated carbocycles. The van der Waals surface area contributed by atoms with Crippen LogP contribution in [0.5, 0.6) is 0 Å². The minimum Gasteiger partial charge on any atom is -0.374 e. The summed E-state index contributed by atoms with van der Waals surface area (Å²) in [6.45, 7) is 4.10. The molecule has 2 heterocycles. The van der Waals surface area contributed by atoms with Crippen molar-refractivity contribution in [3.05, 3.63) is 52.2 Å². The number of nitrogens with zero attached hydrogens (tertiary/aromatic N) is 4. The maximum Gasteiger partial charge on any atom is 0.321 e. The van der Waals surface area contributed by atoms with Crippen molar-refractivity contribution >= 4 is 28.3 Å². The number of carbonyl (C=O) groups excluding carboxylic acids is 1. The van der Waals surface area contributed by atoms with E-state index in [1.54, 1.807) is 4.68 Å². The minimum absolute atomic E-state index is 0.335. The van der Waals surface area contributed by atoms with Gasteiger partial charge in [0, 0.05) is 12.6 Å². The standard InChI is InChI=1S/C18H23N7OS/c1-4-12-13(5-2)24-25(3)15(12)21-18(26)20-14(11-9-7-6-8-10-11)16-22-23-17(19)27-16/h6-10,14H,4-5H2,1-3H3,(H2,19,23)(H2,20,21,26). The molecule has 0 aliphatic heterocycles. The third-order valence-corrected chi connectivity index (χ3v) is 5.08. The number of nitrogens with one attached hydrogen (secondary N) is 2. The summed E-state index contributed by atoms with van der Waals surface area (Å²) in [5.41, 5.74) is 8.67. The Balaban J connectivity index is 1.85. The highest BCUT2D eigenvalue weighted by Gasteiger charge is 2.22. The predicted octanol–water partition coefficient (Wildman–Crippen LogP) is 2.89. The Bertz CT molecular complexity index is 919. The number of amides is 2. The second kappa shape index (κ2) is 8.17. The molecule has 1 atom stereocenters. The summed E-state index contributed by atoms with van der Waals surface area (Å²) in [7, 11) is 1.83. The molecule has 27 heavy (non-hydrogen) atoms. The van der Waals surface area contributed by atoms with E-state index in [1.165, 1.54) is 11.3 Å². The van der Waals surface area contributed by atoms with E-state index in [9.17, 15) is 4.79 Å². The van der Waals surface area contributed by atoms with Crippen molar-refractivity contribution in [2.24, 2.45) is 7.05 Å². The van der Waals surface area contributed by atoms with Gasteiger partial charge in [-0.05, 0) is 18.4 Å². The van der Waals surface area contributed by atoms with Crippen LogP contribution < -0.4 is 16.4 Å². The Labute approximate surface area is 161 Å². The minimum atomic E-state index is -0.440. The smallest absolute Gasteiger partial charge is 0.321 e. The number of urea groups is 1. The average molecular weight is 385 g/mol. The van der Waals surface area contributed by atoms with Gasteiger partial charge in [-0.2, -0.15) is 5.10 Å². The number of anilines is 2. The Morgan fingerprint density at radius 3 is 2.56 bits per heavy atom. The Hall–Kier alpha value is -2.94. The second-order valence-electron chi connectivity index (χ2n) is 6.03. The van der Waals surface area contributed by atoms with Crippen LogP contribution in [0.25, 0.3) is 0 Å². The maximum atomic E-state index is 12.8. The molecule has 4 N–H and O–H groups in total.